The first-order valence-electron chi connectivity index (χ1n) is 8.87. The summed E-state index contributed by atoms with van der Waals surface area (Å²) >= 11 is 0. The summed E-state index contributed by atoms with van der Waals surface area (Å²) in [5, 5.41) is 7.34. The molecule has 0 radical (unpaired) electrons. The molecule has 3 aromatic rings. The van der Waals surface area contributed by atoms with Crippen molar-refractivity contribution >= 4 is 28.3 Å². The maximum Gasteiger partial charge on any atom is 0.260 e. The Hall–Kier alpha value is -3.34. The van der Waals surface area contributed by atoms with Crippen LogP contribution in [0.5, 0.6) is 5.75 Å². The van der Waals surface area contributed by atoms with Crippen molar-refractivity contribution in [2.75, 3.05) is 19.0 Å². The molecule has 5 nitrogen and oxygen atoms in total. The molecular formula is C22H22N2O3. The minimum absolute atomic E-state index is 0.0519. The molecule has 27 heavy (non-hydrogen) atoms. The van der Waals surface area contributed by atoms with Gasteiger partial charge >= 0.3 is 0 Å². The Bertz CT molecular complexity index is 965. The predicted molar refractivity (Wildman–Crippen MR) is 107 cm³/mol. The van der Waals surface area contributed by atoms with Gasteiger partial charge in [0.1, 0.15) is 5.75 Å². The molecule has 0 spiro atoms. The molecule has 0 aliphatic rings. The first-order valence-corrected chi connectivity index (χ1v) is 8.87. The van der Waals surface area contributed by atoms with Gasteiger partial charge in [0.15, 0.2) is 0 Å². The molecule has 0 aromatic heterocycles. The van der Waals surface area contributed by atoms with Crippen molar-refractivity contribution in [3.05, 3.63) is 71.8 Å². The number of carbonyl (C=O) groups excluding carboxylic acids is 2. The zero-order valence-electron chi connectivity index (χ0n) is 15.4. The van der Waals surface area contributed by atoms with Gasteiger partial charge in [-0.3, -0.25) is 9.59 Å². The van der Waals surface area contributed by atoms with Crippen LogP contribution in [0, 0.1) is 0 Å². The standard InChI is InChI=1S/C22H22N2O3/c1-3-27-19-13-10-16-6-4-5-7-18(16)21(19)22(26)24-17-11-8-15(9-12-17)14-20(25)23-2/h4-13H,3,14H2,1-2H3,(H,23,25)(H,24,26). The smallest absolute Gasteiger partial charge is 0.260 e. The van der Waals surface area contributed by atoms with E-state index in [2.05, 4.69) is 10.6 Å². The molecule has 0 fully saturated rings. The third-order valence-corrected chi connectivity index (χ3v) is 4.27. The zero-order chi connectivity index (χ0) is 19.2. The van der Waals surface area contributed by atoms with Gasteiger partial charge in [-0.1, -0.05) is 42.5 Å². The number of nitrogens with one attached hydrogen (secondary N) is 2. The largest absolute Gasteiger partial charge is 0.493 e. The van der Waals surface area contributed by atoms with Gasteiger partial charge in [-0.25, -0.2) is 0 Å². The third kappa shape index (κ3) is 4.26. The minimum atomic E-state index is -0.227. The highest BCUT2D eigenvalue weighted by atomic mass is 16.5. The number of hydrogen-bond donors (Lipinski definition) is 2. The molecule has 0 atom stereocenters. The average Bonchev–Trinajstić information content (AvgIpc) is 2.69. The van der Waals surface area contributed by atoms with E-state index in [1.165, 1.54) is 0 Å². The molecule has 0 saturated carbocycles. The van der Waals surface area contributed by atoms with Gasteiger partial charge in [-0.05, 0) is 41.5 Å². The summed E-state index contributed by atoms with van der Waals surface area (Å²) < 4.78 is 5.67. The van der Waals surface area contributed by atoms with Crippen LogP contribution < -0.4 is 15.4 Å². The van der Waals surface area contributed by atoms with Gasteiger partial charge < -0.3 is 15.4 Å². The fourth-order valence-corrected chi connectivity index (χ4v) is 2.93. The molecule has 2 amide bonds. The number of likely N-dealkylation sites (N-methyl/N-ethyl adjacent to an activating group) is 1. The number of carbonyl (C=O) groups is 2. The molecule has 0 aliphatic carbocycles. The summed E-state index contributed by atoms with van der Waals surface area (Å²) in [7, 11) is 1.61. The average molecular weight is 362 g/mol. The summed E-state index contributed by atoms with van der Waals surface area (Å²) in [5.74, 6) is 0.281. The van der Waals surface area contributed by atoms with E-state index in [0.29, 0.717) is 30.0 Å². The Balaban J connectivity index is 1.87. The van der Waals surface area contributed by atoms with Crippen molar-refractivity contribution < 1.29 is 14.3 Å². The molecule has 0 bridgehead atoms. The SMILES string of the molecule is CCOc1ccc2ccccc2c1C(=O)Nc1ccc(CC(=O)NC)cc1. The Morgan fingerprint density at radius 3 is 2.41 bits per heavy atom. The third-order valence-electron chi connectivity index (χ3n) is 4.27. The minimum Gasteiger partial charge on any atom is -0.493 e. The van der Waals surface area contributed by atoms with Crippen molar-refractivity contribution in [2.45, 2.75) is 13.3 Å². The van der Waals surface area contributed by atoms with E-state index in [4.69, 9.17) is 4.74 Å². The quantitative estimate of drug-likeness (QED) is 0.701. The Morgan fingerprint density at radius 2 is 1.70 bits per heavy atom. The van der Waals surface area contributed by atoms with Crippen LogP contribution in [0.2, 0.25) is 0 Å². The van der Waals surface area contributed by atoms with Gasteiger partial charge in [-0.2, -0.15) is 0 Å². The molecule has 0 heterocycles. The van der Waals surface area contributed by atoms with Crippen molar-refractivity contribution in [3.8, 4) is 5.75 Å². The van der Waals surface area contributed by atoms with Crippen LogP contribution in [0.15, 0.2) is 60.7 Å². The normalized spacial score (nSPS) is 10.4. The van der Waals surface area contributed by atoms with Crippen molar-refractivity contribution in [2.24, 2.45) is 0 Å². The van der Waals surface area contributed by atoms with Crippen molar-refractivity contribution in [3.63, 3.8) is 0 Å². The Labute approximate surface area is 158 Å². The van der Waals surface area contributed by atoms with Gasteiger partial charge in [0.05, 0.1) is 18.6 Å². The lowest BCUT2D eigenvalue weighted by Gasteiger charge is -2.14. The van der Waals surface area contributed by atoms with E-state index in [1.54, 1.807) is 19.2 Å². The van der Waals surface area contributed by atoms with E-state index in [1.807, 2.05) is 55.5 Å². The second kappa shape index (κ2) is 8.36. The monoisotopic (exact) mass is 362 g/mol. The number of amides is 2. The second-order valence-corrected chi connectivity index (χ2v) is 6.09. The van der Waals surface area contributed by atoms with Gasteiger partial charge in [0, 0.05) is 12.7 Å². The number of hydrogen-bond acceptors (Lipinski definition) is 3. The van der Waals surface area contributed by atoms with Crippen LogP contribution in [-0.2, 0) is 11.2 Å². The van der Waals surface area contributed by atoms with Crippen LogP contribution in [0.1, 0.15) is 22.8 Å². The Morgan fingerprint density at radius 1 is 0.963 bits per heavy atom. The van der Waals surface area contributed by atoms with Crippen molar-refractivity contribution in [1.82, 2.24) is 5.32 Å². The zero-order valence-corrected chi connectivity index (χ0v) is 15.4. The van der Waals surface area contributed by atoms with Crippen LogP contribution in [0.4, 0.5) is 5.69 Å². The first-order chi connectivity index (χ1) is 13.1. The molecule has 0 unspecified atom stereocenters. The molecule has 5 heteroatoms. The number of ether oxygens (including phenoxy) is 1. The molecule has 3 rings (SSSR count). The fourth-order valence-electron chi connectivity index (χ4n) is 2.93. The summed E-state index contributed by atoms with van der Waals surface area (Å²) in [5.41, 5.74) is 2.06. The highest BCUT2D eigenvalue weighted by Gasteiger charge is 2.17. The van der Waals surface area contributed by atoms with Gasteiger partial charge in [0.25, 0.3) is 5.91 Å². The second-order valence-electron chi connectivity index (χ2n) is 6.09. The van der Waals surface area contributed by atoms with E-state index < -0.39 is 0 Å². The summed E-state index contributed by atoms with van der Waals surface area (Å²) in [6, 6.07) is 18.8. The topological polar surface area (TPSA) is 67.4 Å². The molecule has 0 aliphatic heterocycles. The molecule has 3 aromatic carbocycles. The van der Waals surface area contributed by atoms with Crippen molar-refractivity contribution in [1.29, 1.82) is 0 Å². The van der Waals surface area contributed by atoms with E-state index in [0.717, 1.165) is 16.3 Å². The fraction of sp³-hybridized carbons (Fsp3) is 0.182. The number of rotatable bonds is 6. The van der Waals surface area contributed by atoms with E-state index >= 15 is 0 Å². The van der Waals surface area contributed by atoms with Crippen LogP contribution in [0.3, 0.4) is 0 Å². The lowest BCUT2D eigenvalue weighted by Crippen LogP contribution is -2.20. The molecular weight excluding hydrogens is 340 g/mol. The number of anilines is 1. The van der Waals surface area contributed by atoms with Crippen LogP contribution in [0.25, 0.3) is 10.8 Å². The highest BCUT2D eigenvalue weighted by Crippen LogP contribution is 2.29. The molecule has 138 valence electrons. The van der Waals surface area contributed by atoms with Crippen LogP contribution >= 0.6 is 0 Å². The lowest BCUT2D eigenvalue weighted by molar-refractivity contribution is -0.119. The maximum absolute atomic E-state index is 13.0. The van der Waals surface area contributed by atoms with Gasteiger partial charge in [-0.15, -0.1) is 0 Å². The summed E-state index contributed by atoms with van der Waals surface area (Å²) in [4.78, 5) is 24.4. The first kappa shape index (κ1) is 18.5. The predicted octanol–water partition coefficient (Wildman–Crippen LogP) is 3.78. The number of fused-ring (bicyclic) bond motifs is 1. The number of benzene rings is 3. The van der Waals surface area contributed by atoms with E-state index in [-0.39, 0.29) is 11.8 Å². The lowest BCUT2D eigenvalue weighted by atomic mass is 10.0. The Kier molecular flexibility index (Phi) is 5.71. The van der Waals surface area contributed by atoms with Crippen LogP contribution in [-0.4, -0.2) is 25.5 Å². The van der Waals surface area contributed by atoms with E-state index in [9.17, 15) is 9.59 Å². The molecule has 2 N–H and O–H groups in total. The van der Waals surface area contributed by atoms with Gasteiger partial charge in [0.2, 0.25) is 5.91 Å². The maximum atomic E-state index is 13.0. The molecule has 0 saturated heterocycles. The summed E-state index contributed by atoms with van der Waals surface area (Å²) in [6.45, 7) is 2.37. The summed E-state index contributed by atoms with van der Waals surface area (Å²) in [6.07, 6.45) is 0.308. The highest BCUT2D eigenvalue weighted by molar-refractivity contribution is 6.15.